The highest BCUT2D eigenvalue weighted by molar-refractivity contribution is 7.91. The van der Waals surface area contributed by atoms with Crippen molar-refractivity contribution in [1.29, 1.82) is 0 Å². The highest BCUT2D eigenvalue weighted by Gasteiger charge is 2.22. The molecule has 0 radical (unpaired) electrons. The summed E-state index contributed by atoms with van der Waals surface area (Å²) >= 11 is 1.43. The third-order valence-corrected chi connectivity index (χ3v) is 5.16. The molecule has 0 aliphatic rings. The SMILES string of the molecule is CCS(=O)(=O)c1nnc2sc3ccccc3n12. The van der Waals surface area contributed by atoms with Crippen LogP contribution < -0.4 is 0 Å². The fourth-order valence-corrected chi connectivity index (χ4v) is 3.60. The summed E-state index contributed by atoms with van der Waals surface area (Å²) in [5, 5.41) is 7.74. The highest BCUT2D eigenvalue weighted by Crippen LogP contribution is 2.27. The molecular formula is C10H9N3O2S2. The average Bonchev–Trinajstić information content (AvgIpc) is 2.87. The summed E-state index contributed by atoms with van der Waals surface area (Å²) in [5.74, 6) is 0.0258. The number of hydrogen-bond donors (Lipinski definition) is 0. The molecule has 0 spiro atoms. The Balaban J connectivity index is 2.49. The average molecular weight is 267 g/mol. The van der Waals surface area contributed by atoms with Crippen LogP contribution in [0.2, 0.25) is 0 Å². The monoisotopic (exact) mass is 267 g/mol. The van der Waals surface area contributed by atoms with Crippen molar-refractivity contribution in [2.45, 2.75) is 12.1 Å². The molecule has 0 amide bonds. The minimum atomic E-state index is -3.35. The second kappa shape index (κ2) is 3.51. The zero-order valence-electron chi connectivity index (χ0n) is 8.99. The molecule has 0 aliphatic heterocycles. The molecule has 1 aromatic carbocycles. The Morgan fingerprint density at radius 2 is 2.06 bits per heavy atom. The van der Waals surface area contributed by atoms with Crippen LogP contribution in [0.4, 0.5) is 0 Å². The van der Waals surface area contributed by atoms with Crippen molar-refractivity contribution in [3.63, 3.8) is 0 Å². The number of sulfone groups is 1. The number of para-hydroxylation sites is 1. The first kappa shape index (κ1) is 10.7. The quantitative estimate of drug-likeness (QED) is 0.709. The lowest BCUT2D eigenvalue weighted by Crippen LogP contribution is -2.08. The minimum Gasteiger partial charge on any atom is -0.256 e. The van der Waals surface area contributed by atoms with Gasteiger partial charge in [0.25, 0.3) is 5.16 Å². The molecule has 5 nitrogen and oxygen atoms in total. The van der Waals surface area contributed by atoms with E-state index in [0.29, 0.717) is 4.96 Å². The molecule has 0 atom stereocenters. The molecular weight excluding hydrogens is 258 g/mol. The maximum absolute atomic E-state index is 11.9. The number of rotatable bonds is 2. The van der Waals surface area contributed by atoms with Crippen molar-refractivity contribution in [2.24, 2.45) is 0 Å². The van der Waals surface area contributed by atoms with Gasteiger partial charge in [-0.3, -0.25) is 4.40 Å². The fraction of sp³-hybridized carbons (Fsp3) is 0.200. The van der Waals surface area contributed by atoms with E-state index in [0.717, 1.165) is 10.2 Å². The summed E-state index contributed by atoms with van der Waals surface area (Å²) in [6.07, 6.45) is 0. The minimum absolute atomic E-state index is 0.0258. The van der Waals surface area contributed by atoms with Gasteiger partial charge in [-0.25, -0.2) is 8.42 Å². The summed E-state index contributed by atoms with van der Waals surface area (Å²) in [6.45, 7) is 1.60. The van der Waals surface area contributed by atoms with Crippen molar-refractivity contribution in [3.8, 4) is 0 Å². The predicted octanol–water partition coefficient (Wildman–Crippen LogP) is 1.74. The smallest absolute Gasteiger partial charge is 0.255 e. The van der Waals surface area contributed by atoms with Gasteiger partial charge >= 0.3 is 0 Å². The molecule has 0 aliphatic carbocycles. The maximum Gasteiger partial charge on any atom is 0.255 e. The topological polar surface area (TPSA) is 64.3 Å². The Bertz CT molecular complexity index is 801. The van der Waals surface area contributed by atoms with E-state index in [2.05, 4.69) is 10.2 Å². The number of hydrogen-bond acceptors (Lipinski definition) is 5. The van der Waals surface area contributed by atoms with E-state index in [4.69, 9.17) is 0 Å². The first-order valence-electron chi connectivity index (χ1n) is 5.09. The molecule has 3 rings (SSSR count). The van der Waals surface area contributed by atoms with Crippen LogP contribution in [0.15, 0.2) is 29.4 Å². The molecule has 2 aromatic heterocycles. The van der Waals surface area contributed by atoms with E-state index in [1.165, 1.54) is 11.3 Å². The highest BCUT2D eigenvalue weighted by atomic mass is 32.2. The molecule has 0 saturated carbocycles. The van der Waals surface area contributed by atoms with Gasteiger partial charge in [0.1, 0.15) is 0 Å². The molecule has 0 fully saturated rings. The van der Waals surface area contributed by atoms with Crippen molar-refractivity contribution in [1.82, 2.24) is 14.6 Å². The van der Waals surface area contributed by atoms with E-state index in [9.17, 15) is 8.42 Å². The van der Waals surface area contributed by atoms with Crippen LogP contribution in [0.1, 0.15) is 6.92 Å². The molecule has 0 unspecified atom stereocenters. The standard InChI is InChI=1S/C10H9N3O2S2/c1-2-17(14,15)10-12-11-9-13(10)7-5-3-4-6-8(7)16-9/h3-6H,2H2,1H3. The normalized spacial score (nSPS) is 12.5. The van der Waals surface area contributed by atoms with Crippen molar-refractivity contribution < 1.29 is 8.42 Å². The number of aromatic nitrogens is 3. The first-order chi connectivity index (χ1) is 8.13. The van der Waals surface area contributed by atoms with E-state index in [1.54, 1.807) is 11.3 Å². The van der Waals surface area contributed by atoms with Gasteiger partial charge in [-0.2, -0.15) is 0 Å². The van der Waals surface area contributed by atoms with Crippen molar-refractivity contribution >= 4 is 36.4 Å². The van der Waals surface area contributed by atoms with Gasteiger partial charge in [-0.1, -0.05) is 30.4 Å². The number of thiazole rings is 1. The van der Waals surface area contributed by atoms with E-state index < -0.39 is 9.84 Å². The van der Waals surface area contributed by atoms with Gasteiger partial charge in [0.05, 0.1) is 16.0 Å². The van der Waals surface area contributed by atoms with Crippen molar-refractivity contribution in [3.05, 3.63) is 24.3 Å². The van der Waals surface area contributed by atoms with Gasteiger partial charge in [-0.15, -0.1) is 10.2 Å². The molecule has 88 valence electrons. The number of fused-ring (bicyclic) bond motifs is 3. The second-order valence-electron chi connectivity index (χ2n) is 3.57. The van der Waals surface area contributed by atoms with E-state index in [-0.39, 0.29) is 10.9 Å². The van der Waals surface area contributed by atoms with Crippen LogP contribution in [0.25, 0.3) is 15.2 Å². The zero-order chi connectivity index (χ0) is 12.0. The van der Waals surface area contributed by atoms with Gasteiger partial charge in [0.2, 0.25) is 14.8 Å². The molecule has 2 heterocycles. The first-order valence-corrected chi connectivity index (χ1v) is 7.56. The summed E-state index contributed by atoms with van der Waals surface area (Å²) < 4.78 is 26.4. The van der Waals surface area contributed by atoms with Crippen molar-refractivity contribution in [2.75, 3.05) is 5.75 Å². The van der Waals surface area contributed by atoms with Crippen LogP contribution in [0.5, 0.6) is 0 Å². The molecule has 0 saturated heterocycles. The Labute approximate surface area is 102 Å². The number of benzene rings is 1. The fourth-order valence-electron chi connectivity index (χ4n) is 1.69. The summed E-state index contributed by atoms with van der Waals surface area (Å²) in [6, 6.07) is 7.60. The third-order valence-electron chi connectivity index (χ3n) is 2.57. The van der Waals surface area contributed by atoms with E-state index in [1.807, 2.05) is 24.3 Å². The third kappa shape index (κ3) is 1.46. The van der Waals surface area contributed by atoms with Gasteiger partial charge in [0.15, 0.2) is 0 Å². The molecule has 0 N–H and O–H groups in total. The van der Waals surface area contributed by atoms with Crippen LogP contribution >= 0.6 is 11.3 Å². The van der Waals surface area contributed by atoms with E-state index >= 15 is 0 Å². The Morgan fingerprint density at radius 3 is 2.82 bits per heavy atom. The van der Waals surface area contributed by atoms with Gasteiger partial charge in [-0.05, 0) is 12.1 Å². The molecule has 17 heavy (non-hydrogen) atoms. The summed E-state index contributed by atoms with van der Waals surface area (Å²) in [4.78, 5) is 0.609. The number of nitrogens with zero attached hydrogens (tertiary/aromatic N) is 3. The van der Waals surface area contributed by atoms with Crippen LogP contribution in [-0.2, 0) is 9.84 Å². The predicted molar refractivity (Wildman–Crippen MR) is 66.1 cm³/mol. The molecule has 3 aromatic rings. The van der Waals surface area contributed by atoms with Gasteiger partial charge < -0.3 is 0 Å². The zero-order valence-corrected chi connectivity index (χ0v) is 10.6. The molecule has 7 heteroatoms. The Morgan fingerprint density at radius 1 is 1.29 bits per heavy atom. The lowest BCUT2D eigenvalue weighted by atomic mass is 10.3. The molecule has 0 bridgehead atoms. The van der Waals surface area contributed by atoms with Crippen LogP contribution in [-0.4, -0.2) is 28.8 Å². The Kier molecular flexibility index (Phi) is 2.20. The summed E-state index contributed by atoms with van der Waals surface area (Å²) in [7, 11) is -3.35. The maximum atomic E-state index is 11.9. The second-order valence-corrected chi connectivity index (χ2v) is 6.75. The Hall–Kier alpha value is -1.47. The lowest BCUT2D eigenvalue weighted by Gasteiger charge is -1.97. The largest absolute Gasteiger partial charge is 0.256 e. The van der Waals surface area contributed by atoms with Crippen LogP contribution in [0.3, 0.4) is 0 Å². The van der Waals surface area contributed by atoms with Crippen LogP contribution in [0, 0.1) is 0 Å². The van der Waals surface area contributed by atoms with Gasteiger partial charge in [0, 0.05) is 0 Å². The lowest BCUT2D eigenvalue weighted by molar-refractivity contribution is 0.587. The summed E-state index contributed by atoms with van der Waals surface area (Å²) in [5.41, 5.74) is 0.838.